The fourth-order valence-corrected chi connectivity index (χ4v) is 2.71. The van der Waals surface area contributed by atoms with Crippen LogP contribution in [-0.4, -0.2) is 20.2 Å². The minimum absolute atomic E-state index is 0.0846. The highest BCUT2D eigenvalue weighted by Crippen LogP contribution is 2.34. The molecule has 1 unspecified atom stereocenters. The smallest absolute Gasteiger partial charge is 0.123 e. The molecule has 3 N–H and O–H groups in total. The lowest BCUT2D eigenvalue weighted by Crippen LogP contribution is -2.34. The van der Waals surface area contributed by atoms with Gasteiger partial charge in [0.1, 0.15) is 5.75 Å². The molecule has 1 saturated heterocycles. The molecule has 0 amide bonds. The normalized spacial score (nSPS) is 18.7. The summed E-state index contributed by atoms with van der Waals surface area (Å²) in [5.74, 6) is 1.49. The SMILES string of the molecule is COc1cc(C)c(C)cc1C(N)C1CCNCC1. The van der Waals surface area contributed by atoms with Crippen molar-refractivity contribution >= 4 is 0 Å². The third-order valence-electron chi connectivity index (χ3n) is 4.10. The van der Waals surface area contributed by atoms with Gasteiger partial charge >= 0.3 is 0 Å². The van der Waals surface area contributed by atoms with Gasteiger partial charge in [-0.3, -0.25) is 0 Å². The molecule has 3 nitrogen and oxygen atoms in total. The molecule has 0 aromatic heterocycles. The highest BCUT2D eigenvalue weighted by atomic mass is 16.5. The van der Waals surface area contributed by atoms with Crippen molar-refractivity contribution < 1.29 is 4.74 Å². The molecule has 1 aromatic carbocycles. The van der Waals surface area contributed by atoms with Gasteiger partial charge in [0.2, 0.25) is 0 Å². The number of nitrogens with one attached hydrogen (secondary N) is 1. The second-order valence-corrected chi connectivity index (χ2v) is 5.29. The van der Waals surface area contributed by atoms with E-state index in [0.717, 1.165) is 37.2 Å². The van der Waals surface area contributed by atoms with Crippen LogP contribution in [0.15, 0.2) is 12.1 Å². The standard InChI is InChI=1S/C15H24N2O/c1-10-8-13(14(18-3)9-11(10)2)15(16)12-4-6-17-7-5-12/h8-9,12,15,17H,4-7,16H2,1-3H3. The molecule has 3 heteroatoms. The monoisotopic (exact) mass is 248 g/mol. The Labute approximate surface area is 110 Å². The zero-order valence-corrected chi connectivity index (χ0v) is 11.6. The molecule has 0 aliphatic carbocycles. The third-order valence-corrected chi connectivity index (χ3v) is 4.10. The fourth-order valence-electron chi connectivity index (χ4n) is 2.71. The lowest BCUT2D eigenvalue weighted by atomic mass is 9.85. The summed E-state index contributed by atoms with van der Waals surface area (Å²) in [7, 11) is 1.72. The van der Waals surface area contributed by atoms with Gasteiger partial charge in [-0.2, -0.15) is 0 Å². The van der Waals surface area contributed by atoms with Gasteiger partial charge in [-0.05, 0) is 62.9 Å². The van der Waals surface area contributed by atoms with Crippen LogP contribution < -0.4 is 15.8 Å². The van der Waals surface area contributed by atoms with Gasteiger partial charge in [0.25, 0.3) is 0 Å². The number of piperidine rings is 1. The molecule has 18 heavy (non-hydrogen) atoms. The first-order valence-electron chi connectivity index (χ1n) is 6.75. The van der Waals surface area contributed by atoms with Gasteiger partial charge in [0.05, 0.1) is 7.11 Å². The molecular formula is C15H24N2O. The summed E-state index contributed by atoms with van der Waals surface area (Å²) in [5, 5.41) is 3.38. The van der Waals surface area contributed by atoms with Crippen molar-refractivity contribution in [1.29, 1.82) is 0 Å². The Morgan fingerprint density at radius 2 is 1.83 bits per heavy atom. The highest BCUT2D eigenvalue weighted by molar-refractivity contribution is 5.43. The Balaban J connectivity index is 2.27. The molecule has 0 bridgehead atoms. The predicted molar refractivity (Wildman–Crippen MR) is 75.0 cm³/mol. The maximum Gasteiger partial charge on any atom is 0.123 e. The van der Waals surface area contributed by atoms with Gasteiger partial charge in [0.15, 0.2) is 0 Å². The Morgan fingerprint density at radius 1 is 1.22 bits per heavy atom. The van der Waals surface area contributed by atoms with Gasteiger partial charge in [-0.15, -0.1) is 0 Å². The van der Waals surface area contributed by atoms with Crippen LogP contribution in [0, 0.1) is 19.8 Å². The van der Waals surface area contributed by atoms with Gasteiger partial charge in [-0.25, -0.2) is 0 Å². The van der Waals surface area contributed by atoms with Crippen molar-refractivity contribution in [3.63, 3.8) is 0 Å². The molecule has 0 saturated carbocycles. The molecule has 0 radical (unpaired) electrons. The highest BCUT2D eigenvalue weighted by Gasteiger charge is 2.24. The third kappa shape index (κ3) is 2.68. The largest absolute Gasteiger partial charge is 0.496 e. The number of benzene rings is 1. The molecule has 1 aliphatic heterocycles. The number of hydrogen-bond donors (Lipinski definition) is 2. The number of ether oxygens (including phenoxy) is 1. The average molecular weight is 248 g/mol. The molecule has 1 aliphatic rings. The van der Waals surface area contributed by atoms with E-state index in [9.17, 15) is 0 Å². The van der Waals surface area contributed by atoms with Crippen LogP contribution in [-0.2, 0) is 0 Å². The van der Waals surface area contributed by atoms with Gasteiger partial charge in [-0.1, -0.05) is 6.07 Å². The molecule has 1 fully saturated rings. The van der Waals surface area contributed by atoms with Gasteiger partial charge in [0, 0.05) is 11.6 Å². The van der Waals surface area contributed by atoms with Crippen LogP contribution in [0.4, 0.5) is 0 Å². The van der Waals surface area contributed by atoms with Crippen LogP contribution in [0.5, 0.6) is 5.75 Å². The quantitative estimate of drug-likeness (QED) is 0.863. The minimum atomic E-state index is 0.0846. The van der Waals surface area contributed by atoms with Crippen molar-refractivity contribution in [1.82, 2.24) is 5.32 Å². The summed E-state index contributed by atoms with van der Waals surface area (Å²) in [6.45, 7) is 6.39. The fraction of sp³-hybridized carbons (Fsp3) is 0.600. The van der Waals surface area contributed by atoms with Crippen LogP contribution in [0.1, 0.15) is 35.6 Å². The summed E-state index contributed by atoms with van der Waals surface area (Å²) in [6, 6.07) is 4.38. The second kappa shape index (κ2) is 5.72. The first-order valence-corrected chi connectivity index (χ1v) is 6.75. The van der Waals surface area contributed by atoms with Crippen molar-refractivity contribution in [3.8, 4) is 5.75 Å². The molecule has 1 atom stereocenters. The first-order chi connectivity index (χ1) is 8.63. The molecule has 1 aromatic rings. The van der Waals surface area contributed by atoms with Crippen molar-refractivity contribution in [3.05, 3.63) is 28.8 Å². The topological polar surface area (TPSA) is 47.3 Å². The number of rotatable bonds is 3. The van der Waals surface area contributed by atoms with E-state index in [1.807, 2.05) is 0 Å². The number of nitrogens with two attached hydrogens (primary N) is 1. The molecular weight excluding hydrogens is 224 g/mol. The minimum Gasteiger partial charge on any atom is -0.496 e. The number of aryl methyl sites for hydroxylation is 2. The Kier molecular flexibility index (Phi) is 4.25. The van der Waals surface area contributed by atoms with E-state index < -0.39 is 0 Å². The van der Waals surface area contributed by atoms with E-state index in [2.05, 4.69) is 31.3 Å². The second-order valence-electron chi connectivity index (χ2n) is 5.29. The first kappa shape index (κ1) is 13.4. The van der Waals surface area contributed by atoms with Crippen molar-refractivity contribution in [2.75, 3.05) is 20.2 Å². The van der Waals surface area contributed by atoms with Crippen LogP contribution in [0.25, 0.3) is 0 Å². The number of methoxy groups -OCH3 is 1. The lowest BCUT2D eigenvalue weighted by Gasteiger charge is -2.29. The summed E-state index contributed by atoms with van der Waals surface area (Å²) in [5.41, 5.74) is 10.2. The average Bonchev–Trinajstić information content (AvgIpc) is 2.41. The van der Waals surface area contributed by atoms with E-state index >= 15 is 0 Å². The number of hydrogen-bond acceptors (Lipinski definition) is 3. The summed E-state index contributed by atoms with van der Waals surface area (Å²) in [4.78, 5) is 0. The van der Waals surface area contributed by atoms with E-state index in [1.54, 1.807) is 7.11 Å². The zero-order valence-electron chi connectivity index (χ0n) is 11.6. The summed E-state index contributed by atoms with van der Waals surface area (Å²) >= 11 is 0. The Hall–Kier alpha value is -1.06. The molecule has 2 rings (SSSR count). The molecule has 0 spiro atoms. The molecule has 100 valence electrons. The van der Waals surface area contributed by atoms with Crippen LogP contribution in [0.3, 0.4) is 0 Å². The predicted octanol–water partition coefficient (Wildman–Crippen LogP) is 2.31. The zero-order chi connectivity index (χ0) is 13.1. The Morgan fingerprint density at radius 3 is 2.44 bits per heavy atom. The molecule has 1 heterocycles. The van der Waals surface area contributed by atoms with E-state index in [1.165, 1.54) is 11.1 Å². The maximum absolute atomic E-state index is 6.46. The Bertz CT molecular complexity index is 411. The van der Waals surface area contributed by atoms with Crippen molar-refractivity contribution in [2.24, 2.45) is 11.7 Å². The van der Waals surface area contributed by atoms with Gasteiger partial charge < -0.3 is 15.8 Å². The van der Waals surface area contributed by atoms with Crippen molar-refractivity contribution in [2.45, 2.75) is 32.7 Å². The van der Waals surface area contributed by atoms with Crippen LogP contribution in [0.2, 0.25) is 0 Å². The van der Waals surface area contributed by atoms with Crippen LogP contribution >= 0.6 is 0 Å². The van der Waals surface area contributed by atoms with E-state index in [4.69, 9.17) is 10.5 Å². The maximum atomic E-state index is 6.46. The lowest BCUT2D eigenvalue weighted by molar-refractivity contribution is 0.313. The van der Waals surface area contributed by atoms with E-state index in [-0.39, 0.29) is 6.04 Å². The van der Waals surface area contributed by atoms with E-state index in [0.29, 0.717) is 5.92 Å². The summed E-state index contributed by atoms with van der Waals surface area (Å²) < 4.78 is 5.50. The summed E-state index contributed by atoms with van der Waals surface area (Å²) in [6.07, 6.45) is 2.30.